The number of halogens is 1. The van der Waals surface area contributed by atoms with E-state index < -0.39 is 5.41 Å². The van der Waals surface area contributed by atoms with E-state index >= 15 is 0 Å². The third kappa shape index (κ3) is 2.97. The second-order valence-corrected chi connectivity index (χ2v) is 5.24. The van der Waals surface area contributed by atoms with Gasteiger partial charge in [0.1, 0.15) is 0 Å². The molecule has 0 spiro atoms. The number of rotatable bonds is 5. The molecule has 2 N–H and O–H groups in total. The molecule has 0 fully saturated rings. The van der Waals surface area contributed by atoms with Crippen LogP contribution in [-0.4, -0.2) is 33.2 Å². The summed E-state index contributed by atoms with van der Waals surface area (Å²) in [6.07, 6.45) is 4.15. The topological polar surface area (TPSA) is 58.3 Å². The first-order chi connectivity index (χ1) is 9.09. The minimum atomic E-state index is -0.715. The van der Waals surface area contributed by atoms with E-state index in [1.165, 1.54) is 0 Å². The molecule has 0 radical (unpaired) electrons. The zero-order valence-corrected chi connectivity index (χ0v) is 11.5. The minimum Gasteiger partial charge on any atom is -0.395 e. The van der Waals surface area contributed by atoms with E-state index in [1.54, 1.807) is 23.0 Å². The molecule has 0 aliphatic rings. The van der Waals surface area contributed by atoms with Crippen LogP contribution in [0.1, 0.15) is 11.1 Å². The number of aliphatic hydroxyl groups is 2. The summed E-state index contributed by atoms with van der Waals surface area (Å²) >= 11 is 5.87. The van der Waals surface area contributed by atoms with Crippen LogP contribution < -0.4 is 0 Å². The Morgan fingerprint density at radius 3 is 2.32 bits per heavy atom. The lowest BCUT2D eigenvalue weighted by molar-refractivity contribution is 0.116. The summed E-state index contributed by atoms with van der Waals surface area (Å²) < 4.78 is 1.71. The van der Waals surface area contributed by atoms with E-state index in [0.717, 1.165) is 11.1 Å². The number of aromatic nitrogens is 2. The van der Waals surface area contributed by atoms with Crippen molar-refractivity contribution in [1.82, 2.24) is 9.78 Å². The Kier molecular flexibility index (Phi) is 4.24. The Hall–Kier alpha value is -1.36. The van der Waals surface area contributed by atoms with Crippen molar-refractivity contribution in [3.05, 3.63) is 52.8 Å². The molecule has 0 saturated carbocycles. The van der Waals surface area contributed by atoms with Gasteiger partial charge in [-0.2, -0.15) is 5.10 Å². The molecule has 2 rings (SSSR count). The molecule has 0 unspecified atom stereocenters. The van der Waals surface area contributed by atoms with Crippen LogP contribution in [0.15, 0.2) is 36.7 Å². The van der Waals surface area contributed by atoms with Crippen LogP contribution in [0, 0.1) is 0 Å². The van der Waals surface area contributed by atoms with Crippen molar-refractivity contribution in [1.29, 1.82) is 0 Å². The fraction of sp³-hybridized carbons (Fsp3) is 0.357. The van der Waals surface area contributed by atoms with Crippen LogP contribution in [0.5, 0.6) is 0 Å². The second-order valence-electron chi connectivity index (χ2n) is 4.80. The highest BCUT2D eigenvalue weighted by Gasteiger charge is 2.31. The maximum absolute atomic E-state index is 9.75. The van der Waals surface area contributed by atoms with Gasteiger partial charge in [-0.15, -0.1) is 0 Å². The smallest absolute Gasteiger partial charge is 0.0553 e. The Morgan fingerprint density at radius 1 is 1.21 bits per heavy atom. The van der Waals surface area contributed by atoms with E-state index in [-0.39, 0.29) is 13.2 Å². The van der Waals surface area contributed by atoms with Crippen LogP contribution in [-0.2, 0) is 18.9 Å². The summed E-state index contributed by atoms with van der Waals surface area (Å²) in [4.78, 5) is 0. The van der Waals surface area contributed by atoms with Crippen LogP contribution >= 0.6 is 11.6 Å². The average molecular weight is 281 g/mol. The molecule has 0 saturated heterocycles. The number of hydrogen-bond donors (Lipinski definition) is 2. The van der Waals surface area contributed by atoms with E-state index in [9.17, 15) is 10.2 Å². The molecule has 0 aliphatic carbocycles. The van der Waals surface area contributed by atoms with Gasteiger partial charge in [0.2, 0.25) is 0 Å². The van der Waals surface area contributed by atoms with E-state index in [1.807, 2.05) is 25.4 Å². The average Bonchev–Trinajstić information content (AvgIpc) is 2.82. The first kappa shape index (κ1) is 14.1. The molecule has 1 aromatic carbocycles. The molecule has 4 nitrogen and oxygen atoms in total. The third-order valence-corrected chi connectivity index (χ3v) is 3.61. The second kappa shape index (κ2) is 5.74. The predicted molar refractivity (Wildman–Crippen MR) is 74.2 cm³/mol. The van der Waals surface area contributed by atoms with E-state index in [4.69, 9.17) is 11.6 Å². The van der Waals surface area contributed by atoms with Gasteiger partial charge in [-0.25, -0.2) is 0 Å². The predicted octanol–water partition coefficient (Wildman–Crippen LogP) is 1.54. The Labute approximate surface area is 117 Å². The number of hydrogen-bond acceptors (Lipinski definition) is 3. The lowest BCUT2D eigenvalue weighted by Gasteiger charge is -2.30. The minimum absolute atomic E-state index is 0.139. The summed E-state index contributed by atoms with van der Waals surface area (Å²) in [5.74, 6) is 0. The first-order valence-electron chi connectivity index (χ1n) is 6.05. The molecule has 5 heteroatoms. The fourth-order valence-electron chi connectivity index (χ4n) is 2.20. The van der Waals surface area contributed by atoms with Gasteiger partial charge in [-0.3, -0.25) is 4.68 Å². The number of aliphatic hydroxyl groups excluding tert-OH is 2. The van der Waals surface area contributed by atoms with Gasteiger partial charge in [0, 0.05) is 23.7 Å². The van der Waals surface area contributed by atoms with Gasteiger partial charge >= 0.3 is 0 Å². The molecule has 0 amide bonds. The highest BCUT2D eigenvalue weighted by atomic mass is 35.5. The summed E-state index contributed by atoms with van der Waals surface area (Å²) in [5, 5.41) is 24.2. The monoisotopic (exact) mass is 280 g/mol. The van der Waals surface area contributed by atoms with Crippen molar-refractivity contribution >= 4 is 11.6 Å². The Bertz CT molecular complexity index is 533. The van der Waals surface area contributed by atoms with Gasteiger partial charge in [-0.05, 0) is 29.7 Å². The molecule has 2 aromatic rings. The van der Waals surface area contributed by atoms with Gasteiger partial charge in [-0.1, -0.05) is 23.7 Å². The van der Waals surface area contributed by atoms with Gasteiger partial charge < -0.3 is 10.2 Å². The molecule has 0 aliphatic heterocycles. The Morgan fingerprint density at radius 2 is 1.84 bits per heavy atom. The van der Waals surface area contributed by atoms with Gasteiger partial charge in [0.15, 0.2) is 0 Å². The van der Waals surface area contributed by atoms with Gasteiger partial charge in [0.25, 0.3) is 0 Å². The highest BCUT2D eigenvalue weighted by molar-refractivity contribution is 6.30. The molecule has 0 atom stereocenters. The highest BCUT2D eigenvalue weighted by Crippen LogP contribution is 2.29. The third-order valence-electron chi connectivity index (χ3n) is 3.36. The normalized spacial score (nSPS) is 11.8. The van der Waals surface area contributed by atoms with Crippen molar-refractivity contribution < 1.29 is 10.2 Å². The molecule has 1 heterocycles. The van der Waals surface area contributed by atoms with Crippen molar-refractivity contribution in [2.24, 2.45) is 7.05 Å². The molecule has 0 bridgehead atoms. The van der Waals surface area contributed by atoms with Gasteiger partial charge in [0.05, 0.1) is 19.4 Å². The number of nitrogens with zero attached hydrogens (tertiary/aromatic N) is 2. The molecule has 19 heavy (non-hydrogen) atoms. The van der Waals surface area contributed by atoms with Crippen molar-refractivity contribution in [2.45, 2.75) is 11.8 Å². The molecular weight excluding hydrogens is 264 g/mol. The lowest BCUT2D eigenvalue weighted by atomic mass is 9.77. The standard InChI is InChI=1S/C14H17ClN2O2/c1-17-8-11(7-16-17)6-14(9-18,10-19)12-2-4-13(15)5-3-12/h2-5,7-8,18-19H,6,9-10H2,1H3. The summed E-state index contributed by atoms with van der Waals surface area (Å²) in [6, 6.07) is 7.21. The SMILES string of the molecule is Cn1cc(CC(CO)(CO)c2ccc(Cl)cc2)cn1. The number of aryl methyl sites for hydroxylation is 1. The maximum atomic E-state index is 9.75. The largest absolute Gasteiger partial charge is 0.395 e. The van der Waals surface area contributed by atoms with Crippen LogP contribution in [0.25, 0.3) is 0 Å². The van der Waals surface area contributed by atoms with Crippen LogP contribution in [0.3, 0.4) is 0 Å². The quantitative estimate of drug-likeness (QED) is 0.873. The first-order valence-corrected chi connectivity index (χ1v) is 6.43. The van der Waals surface area contributed by atoms with Crippen molar-refractivity contribution in [3.8, 4) is 0 Å². The van der Waals surface area contributed by atoms with E-state index in [2.05, 4.69) is 5.10 Å². The molecule has 1 aromatic heterocycles. The fourth-order valence-corrected chi connectivity index (χ4v) is 2.33. The molecule has 102 valence electrons. The lowest BCUT2D eigenvalue weighted by Crippen LogP contribution is -2.37. The maximum Gasteiger partial charge on any atom is 0.0553 e. The summed E-state index contributed by atoms with van der Waals surface area (Å²) in [7, 11) is 1.84. The van der Waals surface area contributed by atoms with Crippen molar-refractivity contribution in [3.63, 3.8) is 0 Å². The van der Waals surface area contributed by atoms with Crippen molar-refractivity contribution in [2.75, 3.05) is 13.2 Å². The zero-order chi connectivity index (χ0) is 13.9. The van der Waals surface area contributed by atoms with Crippen LogP contribution in [0.4, 0.5) is 0 Å². The van der Waals surface area contributed by atoms with Crippen LogP contribution in [0.2, 0.25) is 5.02 Å². The summed E-state index contributed by atoms with van der Waals surface area (Å²) in [6.45, 7) is -0.278. The van der Waals surface area contributed by atoms with E-state index in [0.29, 0.717) is 11.4 Å². The molecular formula is C14H17ClN2O2. The zero-order valence-electron chi connectivity index (χ0n) is 10.8. The summed E-state index contributed by atoms with van der Waals surface area (Å²) in [5.41, 5.74) is 1.12. The number of benzene rings is 1. The Balaban J connectivity index is 2.33.